The minimum absolute atomic E-state index is 0.606. The van der Waals surface area contributed by atoms with Crippen LogP contribution < -0.4 is 5.14 Å². The quantitative estimate of drug-likeness (QED) is 0.793. The largest absolute Gasteiger partial charge is 0.260 e. The van der Waals surface area contributed by atoms with Crippen molar-refractivity contribution in [3.63, 3.8) is 0 Å². The number of hydrogen-bond donors (Lipinski definition) is 1. The van der Waals surface area contributed by atoms with E-state index in [0.717, 1.165) is 24.1 Å². The Bertz CT molecular complexity index is 325. The van der Waals surface area contributed by atoms with Crippen molar-refractivity contribution >= 4 is 11.0 Å². The number of nitrogens with two attached hydrogens (primary N) is 1. The van der Waals surface area contributed by atoms with Crippen LogP contribution in [-0.4, -0.2) is 9.19 Å². The second-order valence-electron chi connectivity index (χ2n) is 2.78. The molecule has 0 aliphatic heterocycles. The molecular weight excluding hydrogens is 184 g/mol. The fourth-order valence-corrected chi connectivity index (χ4v) is 1.67. The fraction of sp³-hybridized carbons (Fsp3) is 0.444. The summed E-state index contributed by atoms with van der Waals surface area (Å²) in [4.78, 5) is 4.82. The maximum Gasteiger partial charge on any atom is 0.123 e. The summed E-state index contributed by atoms with van der Waals surface area (Å²) in [6.07, 6.45) is 3.40. The van der Waals surface area contributed by atoms with Crippen LogP contribution in [0.25, 0.3) is 0 Å². The normalized spacial score (nSPS) is 12.8. The van der Waals surface area contributed by atoms with E-state index < -0.39 is 11.0 Å². The molecule has 4 heteroatoms. The Hall–Kier alpha value is -0.740. The highest BCUT2D eigenvalue weighted by molar-refractivity contribution is 7.82. The summed E-state index contributed by atoms with van der Waals surface area (Å²) in [5.74, 6) is 0. The van der Waals surface area contributed by atoms with Crippen molar-refractivity contribution in [2.75, 3.05) is 0 Å². The van der Waals surface area contributed by atoms with Gasteiger partial charge in [0.25, 0.3) is 0 Å². The third-order valence-electron chi connectivity index (χ3n) is 1.98. The van der Waals surface area contributed by atoms with Gasteiger partial charge in [-0.05, 0) is 24.5 Å². The molecule has 1 aromatic rings. The van der Waals surface area contributed by atoms with Gasteiger partial charge in [-0.2, -0.15) is 0 Å². The summed E-state index contributed by atoms with van der Waals surface area (Å²) in [5.41, 5.74) is 2.20. The zero-order valence-corrected chi connectivity index (χ0v) is 8.73. The molecule has 0 aliphatic carbocycles. The maximum atomic E-state index is 11.0. The first-order valence-corrected chi connectivity index (χ1v) is 5.54. The van der Waals surface area contributed by atoms with Gasteiger partial charge < -0.3 is 0 Å². The number of pyridine rings is 1. The van der Waals surface area contributed by atoms with Gasteiger partial charge in [-0.1, -0.05) is 13.8 Å². The average molecular weight is 198 g/mol. The predicted molar refractivity (Wildman–Crippen MR) is 53.6 cm³/mol. The van der Waals surface area contributed by atoms with Gasteiger partial charge in [-0.25, -0.2) is 9.35 Å². The molecule has 1 atom stereocenters. The summed E-state index contributed by atoms with van der Waals surface area (Å²) in [5, 5.41) is 5.26. The third kappa shape index (κ3) is 2.35. The highest BCUT2D eigenvalue weighted by Gasteiger charge is 2.04. The van der Waals surface area contributed by atoms with Crippen LogP contribution in [0, 0.1) is 0 Å². The van der Waals surface area contributed by atoms with Gasteiger partial charge in [-0.3, -0.25) is 4.98 Å². The lowest BCUT2D eigenvalue weighted by atomic mass is 10.1. The molecule has 0 amide bonds. The van der Waals surface area contributed by atoms with Gasteiger partial charge in [0.2, 0.25) is 0 Å². The molecule has 0 saturated heterocycles. The molecule has 0 bridgehead atoms. The summed E-state index contributed by atoms with van der Waals surface area (Å²) in [6, 6.07) is 1.88. The Balaban J connectivity index is 3.13. The van der Waals surface area contributed by atoms with Crippen molar-refractivity contribution in [1.29, 1.82) is 0 Å². The van der Waals surface area contributed by atoms with Crippen molar-refractivity contribution in [2.24, 2.45) is 5.14 Å². The zero-order valence-electron chi connectivity index (χ0n) is 7.91. The summed E-state index contributed by atoms with van der Waals surface area (Å²) in [6.45, 7) is 4.11. The minimum Gasteiger partial charge on any atom is -0.260 e. The van der Waals surface area contributed by atoms with E-state index in [1.54, 1.807) is 6.20 Å². The van der Waals surface area contributed by atoms with Crippen LogP contribution in [0.1, 0.15) is 25.1 Å². The molecule has 13 heavy (non-hydrogen) atoms. The smallest absolute Gasteiger partial charge is 0.123 e. The zero-order chi connectivity index (χ0) is 9.84. The average Bonchev–Trinajstić information content (AvgIpc) is 2.16. The Kier molecular flexibility index (Phi) is 3.57. The first-order chi connectivity index (χ1) is 6.19. The van der Waals surface area contributed by atoms with E-state index in [9.17, 15) is 4.21 Å². The molecule has 1 unspecified atom stereocenters. The Labute approximate surface area is 81.0 Å². The molecule has 0 saturated carbocycles. The van der Waals surface area contributed by atoms with Crippen molar-refractivity contribution in [3.8, 4) is 0 Å². The van der Waals surface area contributed by atoms with Crippen molar-refractivity contribution in [2.45, 2.75) is 31.6 Å². The van der Waals surface area contributed by atoms with E-state index in [-0.39, 0.29) is 0 Å². The molecule has 0 spiro atoms. The second kappa shape index (κ2) is 4.48. The van der Waals surface area contributed by atoms with Crippen LogP contribution in [-0.2, 0) is 23.8 Å². The standard InChI is InChI=1S/C9H14N2OS/c1-3-7-5-8(13(10)12)6-11-9(7)4-2/h5-6H,3-4,10H2,1-2H3. The molecule has 1 heterocycles. The van der Waals surface area contributed by atoms with Crippen molar-refractivity contribution in [3.05, 3.63) is 23.5 Å². The number of aryl methyl sites for hydroxylation is 2. The lowest BCUT2D eigenvalue weighted by molar-refractivity contribution is 0.683. The Morgan fingerprint density at radius 2 is 2.15 bits per heavy atom. The number of aromatic nitrogens is 1. The van der Waals surface area contributed by atoms with Crippen LogP contribution in [0.15, 0.2) is 17.2 Å². The summed E-state index contributed by atoms with van der Waals surface area (Å²) in [7, 11) is -1.41. The molecule has 3 nitrogen and oxygen atoms in total. The predicted octanol–water partition coefficient (Wildman–Crippen LogP) is 1.19. The topological polar surface area (TPSA) is 56.0 Å². The molecule has 1 rings (SSSR count). The molecule has 2 N–H and O–H groups in total. The van der Waals surface area contributed by atoms with Crippen LogP contribution in [0.4, 0.5) is 0 Å². The van der Waals surface area contributed by atoms with Gasteiger partial charge in [-0.15, -0.1) is 0 Å². The molecule has 72 valence electrons. The van der Waals surface area contributed by atoms with Crippen LogP contribution >= 0.6 is 0 Å². The van der Waals surface area contributed by atoms with Gasteiger partial charge in [0, 0.05) is 11.9 Å². The summed E-state index contributed by atoms with van der Waals surface area (Å²) >= 11 is 0. The van der Waals surface area contributed by atoms with Gasteiger partial charge in [0.05, 0.1) is 4.90 Å². The second-order valence-corrected chi connectivity index (χ2v) is 3.85. The minimum atomic E-state index is -1.41. The van der Waals surface area contributed by atoms with E-state index in [4.69, 9.17) is 5.14 Å². The lowest BCUT2D eigenvalue weighted by Crippen LogP contribution is -2.05. The number of nitrogens with zero attached hydrogens (tertiary/aromatic N) is 1. The third-order valence-corrected chi connectivity index (χ3v) is 2.67. The Morgan fingerprint density at radius 1 is 1.46 bits per heavy atom. The highest BCUT2D eigenvalue weighted by atomic mass is 32.2. The monoisotopic (exact) mass is 198 g/mol. The molecule has 0 radical (unpaired) electrons. The number of rotatable bonds is 3. The van der Waals surface area contributed by atoms with E-state index in [1.807, 2.05) is 6.07 Å². The Morgan fingerprint density at radius 3 is 2.62 bits per heavy atom. The SMILES string of the molecule is CCc1cc(S(N)=O)cnc1CC. The fourth-order valence-electron chi connectivity index (χ4n) is 1.25. The van der Waals surface area contributed by atoms with Gasteiger partial charge in [0.1, 0.15) is 11.0 Å². The van der Waals surface area contributed by atoms with Gasteiger partial charge in [0.15, 0.2) is 0 Å². The molecule has 0 aliphatic rings. The summed E-state index contributed by atoms with van der Waals surface area (Å²) < 4.78 is 11.0. The number of hydrogen-bond acceptors (Lipinski definition) is 2. The van der Waals surface area contributed by atoms with Crippen LogP contribution in [0.5, 0.6) is 0 Å². The van der Waals surface area contributed by atoms with Crippen LogP contribution in [0.3, 0.4) is 0 Å². The molecular formula is C9H14N2OS. The van der Waals surface area contributed by atoms with Crippen molar-refractivity contribution in [1.82, 2.24) is 4.98 Å². The van der Waals surface area contributed by atoms with Crippen molar-refractivity contribution < 1.29 is 4.21 Å². The molecule has 0 aromatic carbocycles. The highest BCUT2D eigenvalue weighted by Crippen LogP contribution is 2.11. The van der Waals surface area contributed by atoms with E-state index in [2.05, 4.69) is 18.8 Å². The molecule has 1 aromatic heterocycles. The van der Waals surface area contributed by atoms with Crippen LogP contribution in [0.2, 0.25) is 0 Å². The first kappa shape index (κ1) is 10.3. The maximum absolute atomic E-state index is 11.0. The lowest BCUT2D eigenvalue weighted by Gasteiger charge is -2.05. The molecule has 0 fully saturated rings. The van der Waals surface area contributed by atoms with E-state index in [0.29, 0.717) is 4.90 Å². The first-order valence-electron chi connectivity index (χ1n) is 4.33. The van der Waals surface area contributed by atoms with E-state index >= 15 is 0 Å². The van der Waals surface area contributed by atoms with E-state index in [1.165, 1.54) is 0 Å². The van der Waals surface area contributed by atoms with Gasteiger partial charge >= 0.3 is 0 Å².